The molecule has 1 spiro atoms. The first kappa shape index (κ1) is 8.25. The third-order valence-electron chi connectivity index (χ3n) is 3.98. The van der Waals surface area contributed by atoms with Gasteiger partial charge < -0.3 is 4.74 Å². The highest BCUT2D eigenvalue weighted by atomic mass is 16.5. The normalized spacial score (nSPS) is 34.2. The maximum Gasteiger partial charge on any atom is 0.0569 e. The Balaban J connectivity index is 1.51. The molecule has 2 saturated heterocycles. The van der Waals surface area contributed by atoms with E-state index in [0.29, 0.717) is 5.41 Å². The van der Waals surface area contributed by atoms with Crippen LogP contribution in [-0.4, -0.2) is 37.2 Å². The molecule has 2 nitrogen and oxygen atoms in total. The summed E-state index contributed by atoms with van der Waals surface area (Å²) in [5.74, 6) is 0. The average Bonchev–Trinajstić information content (AvgIpc) is 2.01. The molecule has 2 heteroatoms. The molecular formula is C11H19NO. The largest absolute Gasteiger partial charge is 0.380 e. The van der Waals surface area contributed by atoms with E-state index in [1.807, 2.05) is 0 Å². The van der Waals surface area contributed by atoms with Crippen LogP contribution in [0, 0.1) is 5.41 Å². The Morgan fingerprint density at radius 3 is 2.23 bits per heavy atom. The summed E-state index contributed by atoms with van der Waals surface area (Å²) >= 11 is 0. The van der Waals surface area contributed by atoms with Gasteiger partial charge in [-0.1, -0.05) is 19.3 Å². The summed E-state index contributed by atoms with van der Waals surface area (Å²) in [6, 6.07) is 0.931. The summed E-state index contributed by atoms with van der Waals surface area (Å²) < 4.78 is 5.29. The van der Waals surface area contributed by atoms with E-state index in [2.05, 4.69) is 4.90 Å². The van der Waals surface area contributed by atoms with Crippen molar-refractivity contribution in [1.29, 1.82) is 0 Å². The van der Waals surface area contributed by atoms with Crippen LogP contribution in [0.15, 0.2) is 0 Å². The number of hydrogen-bond donors (Lipinski definition) is 0. The lowest BCUT2D eigenvalue weighted by Gasteiger charge is -2.58. The van der Waals surface area contributed by atoms with E-state index in [1.54, 1.807) is 0 Å². The van der Waals surface area contributed by atoms with Gasteiger partial charge in [0.15, 0.2) is 0 Å². The Hall–Kier alpha value is -0.0800. The number of ether oxygens (including phenoxy) is 1. The summed E-state index contributed by atoms with van der Waals surface area (Å²) in [5, 5.41) is 0. The van der Waals surface area contributed by atoms with Crippen molar-refractivity contribution in [2.45, 2.75) is 38.1 Å². The third-order valence-corrected chi connectivity index (χ3v) is 3.98. The summed E-state index contributed by atoms with van der Waals surface area (Å²) in [7, 11) is 0. The third kappa shape index (κ3) is 1.31. The van der Waals surface area contributed by atoms with Crippen LogP contribution in [0.5, 0.6) is 0 Å². The lowest BCUT2D eigenvalue weighted by Crippen LogP contribution is -2.68. The molecule has 2 heterocycles. The van der Waals surface area contributed by atoms with Crippen molar-refractivity contribution in [3.8, 4) is 0 Å². The number of likely N-dealkylation sites (tertiary alicyclic amines) is 1. The maximum absolute atomic E-state index is 5.29. The predicted octanol–water partition coefficient (Wildman–Crippen LogP) is 1.65. The van der Waals surface area contributed by atoms with E-state index in [-0.39, 0.29) is 0 Å². The Morgan fingerprint density at radius 2 is 1.69 bits per heavy atom. The molecule has 0 amide bonds. The van der Waals surface area contributed by atoms with Gasteiger partial charge in [0.05, 0.1) is 13.2 Å². The van der Waals surface area contributed by atoms with Crippen molar-refractivity contribution in [2.75, 3.05) is 26.3 Å². The molecular weight excluding hydrogens is 162 g/mol. The quantitative estimate of drug-likeness (QED) is 0.610. The molecule has 0 atom stereocenters. The Labute approximate surface area is 80.2 Å². The van der Waals surface area contributed by atoms with Gasteiger partial charge in [-0.3, -0.25) is 4.90 Å². The Bertz CT molecular complexity index is 186. The number of hydrogen-bond acceptors (Lipinski definition) is 2. The van der Waals surface area contributed by atoms with Gasteiger partial charge in [-0.25, -0.2) is 0 Å². The van der Waals surface area contributed by atoms with Gasteiger partial charge >= 0.3 is 0 Å². The number of rotatable bonds is 1. The topological polar surface area (TPSA) is 12.5 Å². The van der Waals surface area contributed by atoms with Crippen LogP contribution < -0.4 is 0 Å². The minimum atomic E-state index is 0.622. The molecule has 0 N–H and O–H groups in total. The standard InChI is InChI=1S/C11H19NO/c1-2-4-10(5-3-1)12-6-11(7-12)8-13-9-11/h10H,1-9H2. The fourth-order valence-corrected chi connectivity index (χ4v) is 3.09. The van der Waals surface area contributed by atoms with Crippen molar-refractivity contribution < 1.29 is 4.74 Å². The molecule has 3 rings (SSSR count). The first-order valence-corrected chi connectivity index (χ1v) is 5.70. The van der Waals surface area contributed by atoms with Crippen molar-refractivity contribution in [3.63, 3.8) is 0 Å². The number of nitrogens with zero attached hydrogens (tertiary/aromatic N) is 1. The fourth-order valence-electron chi connectivity index (χ4n) is 3.09. The minimum absolute atomic E-state index is 0.622. The van der Waals surface area contributed by atoms with E-state index < -0.39 is 0 Å². The lowest BCUT2D eigenvalue weighted by molar-refractivity contribution is -0.200. The first-order chi connectivity index (χ1) is 6.38. The van der Waals surface area contributed by atoms with Crippen molar-refractivity contribution in [3.05, 3.63) is 0 Å². The minimum Gasteiger partial charge on any atom is -0.380 e. The molecule has 3 fully saturated rings. The van der Waals surface area contributed by atoms with Crippen LogP contribution in [0.4, 0.5) is 0 Å². The highest BCUT2D eigenvalue weighted by Crippen LogP contribution is 2.40. The molecule has 0 unspecified atom stereocenters. The first-order valence-electron chi connectivity index (χ1n) is 5.70. The molecule has 1 aliphatic carbocycles. The Kier molecular flexibility index (Phi) is 1.88. The van der Waals surface area contributed by atoms with Crippen LogP contribution in [0.1, 0.15) is 32.1 Å². The van der Waals surface area contributed by atoms with Gasteiger partial charge in [0.25, 0.3) is 0 Å². The molecule has 0 radical (unpaired) electrons. The van der Waals surface area contributed by atoms with Gasteiger partial charge in [0.1, 0.15) is 0 Å². The average molecular weight is 181 g/mol. The molecule has 3 aliphatic rings. The monoisotopic (exact) mass is 181 g/mol. The molecule has 0 aromatic carbocycles. The molecule has 0 aromatic heterocycles. The van der Waals surface area contributed by atoms with E-state index in [4.69, 9.17) is 4.74 Å². The van der Waals surface area contributed by atoms with Gasteiger partial charge in [0, 0.05) is 24.5 Å². The van der Waals surface area contributed by atoms with Gasteiger partial charge in [-0.2, -0.15) is 0 Å². The highest BCUT2D eigenvalue weighted by molar-refractivity contribution is 5.01. The second kappa shape index (κ2) is 2.96. The molecule has 1 saturated carbocycles. The maximum atomic E-state index is 5.29. The lowest BCUT2D eigenvalue weighted by atomic mass is 9.76. The molecule has 0 bridgehead atoms. The fraction of sp³-hybridized carbons (Fsp3) is 1.00. The second-order valence-electron chi connectivity index (χ2n) is 5.19. The summed E-state index contributed by atoms with van der Waals surface area (Å²) in [6.07, 6.45) is 7.31. The van der Waals surface area contributed by atoms with E-state index in [1.165, 1.54) is 45.2 Å². The van der Waals surface area contributed by atoms with Crippen molar-refractivity contribution in [1.82, 2.24) is 4.90 Å². The second-order valence-corrected chi connectivity index (χ2v) is 5.19. The van der Waals surface area contributed by atoms with E-state index in [9.17, 15) is 0 Å². The van der Waals surface area contributed by atoms with Crippen LogP contribution in [0.2, 0.25) is 0 Å². The smallest absolute Gasteiger partial charge is 0.0569 e. The predicted molar refractivity (Wildman–Crippen MR) is 51.7 cm³/mol. The zero-order valence-corrected chi connectivity index (χ0v) is 8.30. The molecule has 2 aliphatic heterocycles. The van der Waals surface area contributed by atoms with Crippen LogP contribution in [0.3, 0.4) is 0 Å². The van der Waals surface area contributed by atoms with E-state index in [0.717, 1.165) is 19.3 Å². The molecule has 13 heavy (non-hydrogen) atoms. The SMILES string of the molecule is C1CCC(N2CC3(COC3)C2)CC1. The van der Waals surface area contributed by atoms with Crippen LogP contribution in [0.25, 0.3) is 0 Å². The highest BCUT2D eigenvalue weighted by Gasteiger charge is 2.50. The Morgan fingerprint density at radius 1 is 1.00 bits per heavy atom. The summed E-state index contributed by atoms with van der Waals surface area (Å²) in [4.78, 5) is 2.70. The van der Waals surface area contributed by atoms with Gasteiger partial charge in [-0.15, -0.1) is 0 Å². The zero-order valence-electron chi connectivity index (χ0n) is 8.30. The molecule has 0 aromatic rings. The summed E-state index contributed by atoms with van der Waals surface area (Å²) in [5.41, 5.74) is 0.622. The summed E-state index contributed by atoms with van der Waals surface area (Å²) in [6.45, 7) is 4.74. The molecule has 74 valence electrons. The van der Waals surface area contributed by atoms with Gasteiger partial charge in [-0.05, 0) is 12.8 Å². The van der Waals surface area contributed by atoms with Crippen LogP contribution in [-0.2, 0) is 4.74 Å². The zero-order chi connectivity index (χ0) is 8.73. The van der Waals surface area contributed by atoms with Crippen molar-refractivity contribution in [2.24, 2.45) is 5.41 Å². The van der Waals surface area contributed by atoms with Gasteiger partial charge in [0.2, 0.25) is 0 Å². The van der Waals surface area contributed by atoms with Crippen LogP contribution >= 0.6 is 0 Å². The van der Waals surface area contributed by atoms with Crippen molar-refractivity contribution >= 4 is 0 Å². The van der Waals surface area contributed by atoms with E-state index >= 15 is 0 Å².